The molecule has 3 rings (SSSR count). The van der Waals surface area contributed by atoms with E-state index in [1.807, 2.05) is 48.5 Å². The fourth-order valence-corrected chi connectivity index (χ4v) is 2.87. The zero-order valence-corrected chi connectivity index (χ0v) is 16.4. The van der Waals surface area contributed by atoms with Gasteiger partial charge in [0.15, 0.2) is 0 Å². The summed E-state index contributed by atoms with van der Waals surface area (Å²) >= 11 is 0. The average Bonchev–Trinajstić information content (AvgIpc) is 2.68. The molecule has 0 aliphatic heterocycles. The molecule has 144 valence electrons. The van der Waals surface area contributed by atoms with Crippen molar-refractivity contribution in [2.45, 2.75) is 33.4 Å². The molecule has 28 heavy (non-hydrogen) atoms. The first-order valence-electron chi connectivity index (χ1n) is 9.28. The van der Waals surface area contributed by atoms with Crippen molar-refractivity contribution in [2.75, 3.05) is 15.5 Å². The minimum atomic E-state index is -0.0895. The van der Waals surface area contributed by atoms with Gasteiger partial charge >= 0.3 is 0 Å². The van der Waals surface area contributed by atoms with Crippen molar-refractivity contribution < 1.29 is 4.79 Å². The van der Waals surface area contributed by atoms with Crippen LogP contribution in [0.1, 0.15) is 26.3 Å². The van der Waals surface area contributed by atoms with Crippen LogP contribution in [-0.4, -0.2) is 21.9 Å². The van der Waals surface area contributed by atoms with Gasteiger partial charge in [0.05, 0.1) is 0 Å². The molecule has 6 heteroatoms. The molecule has 0 saturated heterocycles. The first kappa shape index (κ1) is 19.4. The molecule has 2 N–H and O–H groups in total. The zero-order chi connectivity index (χ0) is 19.9. The predicted octanol–water partition coefficient (Wildman–Crippen LogP) is 4.59. The second-order valence-corrected chi connectivity index (χ2v) is 6.85. The summed E-state index contributed by atoms with van der Waals surface area (Å²) in [5.41, 5.74) is 2.88. The fraction of sp³-hybridized carbons (Fsp3) is 0.227. The molecular formula is C22H25N5O. The van der Waals surface area contributed by atoms with Crippen LogP contribution in [0.2, 0.25) is 0 Å². The Morgan fingerprint density at radius 3 is 2.32 bits per heavy atom. The lowest BCUT2D eigenvalue weighted by Gasteiger charge is -2.28. The van der Waals surface area contributed by atoms with Crippen LogP contribution in [0, 0.1) is 0 Å². The van der Waals surface area contributed by atoms with Gasteiger partial charge in [0.2, 0.25) is 5.91 Å². The Hall–Kier alpha value is -3.41. The topological polar surface area (TPSA) is 70.2 Å². The number of carbonyl (C=O) groups is 1. The van der Waals surface area contributed by atoms with Crippen LogP contribution in [0.15, 0.2) is 67.0 Å². The van der Waals surface area contributed by atoms with Crippen LogP contribution < -0.4 is 15.5 Å². The predicted molar refractivity (Wildman–Crippen MR) is 114 cm³/mol. The summed E-state index contributed by atoms with van der Waals surface area (Å²) in [7, 11) is 0. The molecule has 0 unspecified atom stereocenters. The van der Waals surface area contributed by atoms with Crippen LogP contribution in [0.3, 0.4) is 0 Å². The van der Waals surface area contributed by atoms with E-state index in [0.29, 0.717) is 6.04 Å². The molecular weight excluding hydrogens is 350 g/mol. The van der Waals surface area contributed by atoms with E-state index < -0.39 is 0 Å². The van der Waals surface area contributed by atoms with Crippen molar-refractivity contribution in [2.24, 2.45) is 0 Å². The third-order valence-corrected chi connectivity index (χ3v) is 4.24. The molecule has 0 radical (unpaired) electrons. The standard InChI is InChI=1S/C22H25N5O/c1-16(2)27(14-18-7-5-4-6-8-18)22-13-21(23-15-24-22)26-20-11-9-19(10-12-20)25-17(3)28/h4-13,15-16H,14H2,1-3H3,(H,25,28)(H,23,24,26). The Morgan fingerprint density at radius 2 is 1.68 bits per heavy atom. The molecule has 6 nitrogen and oxygen atoms in total. The maximum absolute atomic E-state index is 11.1. The Balaban J connectivity index is 1.75. The van der Waals surface area contributed by atoms with Crippen molar-refractivity contribution in [1.29, 1.82) is 0 Å². The van der Waals surface area contributed by atoms with Gasteiger partial charge in [0, 0.05) is 37.0 Å². The lowest BCUT2D eigenvalue weighted by molar-refractivity contribution is -0.114. The fourth-order valence-electron chi connectivity index (χ4n) is 2.87. The molecule has 0 spiro atoms. The van der Waals surface area contributed by atoms with E-state index in [1.54, 1.807) is 6.33 Å². The van der Waals surface area contributed by atoms with Gasteiger partial charge in [-0.25, -0.2) is 9.97 Å². The molecule has 1 amide bonds. The van der Waals surface area contributed by atoms with Gasteiger partial charge in [-0.2, -0.15) is 0 Å². The number of rotatable bonds is 7. The van der Waals surface area contributed by atoms with Crippen molar-refractivity contribution >= 4 is 28.9 Å². The molecule has 0 atom stereocenters. The zero-order valence-electron chi connectivity index (χ0n) is 16.4. The number of hydrogen-bond donors (Lipinski definition) is 2. The van der Waals surface area contributed by atoms with Gasteiger partial charge in [0.25, 0.3) is 0 Å². The van der Waals surface area contributed by atoms with Gasteiger partial charge in [-0.15, -0.1) is 0 Å². The van der Waals surface area contributed by atoms with E-state index in [4.69, 9.17) is 0 Å². The second-order valence-electron chi connectivity index (χ2n) is 6.85. The van der Waals surface area contributed by atoms with E-state index in [9.17, 15) is 4.79 Å². The van der Waals surface area contributed by atoms with Crippen LogP contribution >= 0.6 is 0 Å². The van der Waals surface area contributed by atoms with Gasteiger partial charge in [0.1, 0.15) is 18.0 Å². The summed E-state index contributed by atoms with van der Waals surface area (Å²) in [6, 6.07) is 20.1. The van der Waals surface area contributed by atoms with E-state index in [2.05, 4.69) is 51.5 Å². The number of amides is 1. The van der Waals surface area contributed by atoms with Gasteiger partial charge in [-0.1, -0.05) is 30.3 Å². The molecule has 0 aliphatic carbocycles. The highest BCUT2D eigenvalue weighted by Gasteiger charge is 2.13. The number of carbonyl (C=O) groups excluding carboxylic acids is 1. The number of aromatic nitrogens is 2. The highest BCUT2D eigenvalue weighted by molar-refractivity contribution is 5.88. The van der Waals surface area contributed by atoms with Crippen LogP contribution in [0.5, 0.6) is 0 Å². The maximum atomic E-state index is 11.1. The summed E-state index contributed by atoms with van der Waals surface area (Å²) in [5.74, 6) is 1.50. The van der Waals surface area contributed by atoms with Gasteiger partial charge in [-0.05, 0) is 43.7 Å². The molecule has 1 heterocycles. The number of anilines is 4. The lowest BCUT2D eigenvalue weighted by Crippen LogP contribution is -2.31. The first-order valence-corrected chi connectivity index (χ1v) is 9.28. The Labute approximate surface area is 165 Å². The highest BCUT2D eigenvalue weighted by Crippen LogP contribution is 2.23. The molecule has 2 aromatic carbocycles. The Bertz CT molecular complexity index is 910. The lowest BCUT2D eigenvalue weighted by atomic mass is 10.2. The van der Waals surface area contributed by atoms with Gasteiger partial charge in [-0.3, -0.25) is 4.79 Å². The summed E-state index contributed by atoms with van der Waals surface area (Å²) in [4.78, 5) is 22.2. The summed E-state index contributed by atoms with van der Waals surface area (Å²) in [6.45, 7) is 6.57. The number of nitrogens with zero attached hydrogens (tertiary/aromatic N) is 3. The number of benzene rings is 2. The highest BCUT2D eigenvalue weighted by atomic mass is 16.1. The minimum absolute atomic E-state index is 0.0895. The second kappa shape index (κ2) is 8.99. The summed E-state index contributed by atoms with van der Waals surface area (Å²) < 4.78 is 0. The monoisotopic (exact) mass is 375 g/mol. The van der Waals surface area contributed by atoms with E-state index in [-0.39, 0.29) is 5.91 Å². The van der Waals surface area contributed by atoms with E-state index >= 15 is 0 Å². The van der Waals surface area contributed by atoms with Crippen LogP contribution in [0.4, 0.5) is 23.0 Å². The third-order valence-electron chi connectivity index (χ3n) is 4.24. The average molecular weight is 375 g/mol. The molecule has 1 aromatic heterocycles. The quantitative estimate of drug-likeness (QED) is 0.632. The molecule has 0 saturated carbocycles. The maximum Gasteiger partial charge on any atom is 0.221 e. The Morgan fingerprint density at radius 1 is 1.00 bits per heavy atom. The largest absolute Gasteiger partial charge is 0.350 e. The summed E-state index contributed by atoms with van der Waals surface area (Å²) in [6.07, 6.45) is 1.57. The number of hydrogen-bond acceptors (Lipinski definition) is 5. The summed E-state index contributed by atoms with van der Waals surface area (Å²) in [5, 5.41) is 6.05. The van der Waals surface area contributed by atoms with Gasteiger partial charge < -0.3 is 15.5 Å². The van der Waals surface area contributed by atoms with Crippen molar-refractivity contribution in [3.05, 3.63) is 72.6 Å². The SMILES string of the molecule is CC(=O)Nc1ccc(Nc2cc(N(Cc3ccccc3)C(C)C)ncn2)cc1. The minimum Gasteiger partial charge on any atom is -0.350 e. The molecule has 3 aromatic rings. The van der Waals surface area contributed by atoms with Crippen LogP contribution in [-0.2, 0) is 11.3 Å². The normalized spacial score (nSPS) is 10.6. The third kappa shape index (κ3) is 5.30. The molecule has 0 fully saturated rings. The van der Waals surface area contributed by atoms with E-state index in [1.165, 1.54) is 12.5 Å². The van der Waals surface area contributed by atoms with Crippen molar-refractivity contribution in [1.82, 2.24) is 9.97 Å². The van der Waals surface area contributed by atoms with E-state index in [0.717, 1.165) is 29.6 Å². The molecule has 0 bridgehead atoms. The van der Waals surface area contributed by atoms with Crippen LogP contribution in [0.25, 0.3) is 0 Å². The van der Waals surface area contributed by atoms with Crippen molar-refractivity contribution in [3.8, 4) is 0 Å². The molecule has 0 aliphatic rings. The first-order chi connectivity index (χ1) is 13.5. The Kier molecular flexibility index (Phi) is 6.22. The van der Waals surface area contributed by atoms with Crippen molar-refractivity contribution in [3.63, 3.8) is 0 Å². The number of nitrogens with one attached hydrogen (secondary N) is 2. The smallest absolute Gasteiger partial charge is 0.221 e.